The summed E-state index contributed by atoms with van der Waals surface area (Å²) in [4.78, 5) is 36.9. The molecule has 0 atom stereocenters. The first-order valence-electron chi connectivity index (χ1n) is 8.30. The molecule has 1 N–H and O–H groups in total. The Labute approximate surface area is 148 Å². The van der Waals surface area contributed by atoms with Crippen LogP contribution in [0.1, 0.15) is 25.8 Å². The van der Waals surface area contributed by atoms with Gasteiger partial charge in [0.25, 0.3) is 5.91 Å². The average Bonchev–Trinajstić information content (AvgIpc) is 2.58. The van der Waals surface area contributed by atoms with Crippen molar-refractivity contribution in [2.45, 2.75) is 26.7 Å². The van der Waals surface area contributed by atoms with E-state index in [4.69, 9.17) is 4.74 Å². The topological polar surface area (TPSA) is 75.7 Å². The van der Waals surface area contributed by atoms with E-state index < -0.39 is 5.97 Å². The van der Waals surface area contributed by atoms with E-state index >= 15 is 0 Å². The van der Waals surface area contributed by atoms with Gasteiger partial charge in [-0.2, -0.15) is 0 Å². The van der Waals surface area contributed by atoms with Crippen LogP contribution in [0.15, 0.2) is 42.5 Å². The third kappa shape index (κ3) is 8.69. The van der Waals surface area contributed by atoms with E-state index in [0.717, 1.165) is 11.1 Å². The molecule has 1 aromatic carbocycles. The second-order valence-electron chi connectivity index (χ2n) is 5.79. The van der Waals surface area contributed by atoms with Crippen LogP contribution < -0.4 is 5.32 Å². The third-order valence-electron chi connectivity index (χ3n) is 3.41. The fourth-order valence-electron chi connectivity index (χ4n) is 2.16. The highest BCUT2D eigenvalue weighted by atomic mass is 16.5. The number of carbonyl (C=O) groups excluding carboxylic acids is 3. The predicted octanol–water partition coefficient (Wildman–Crippen LogP) is 1.70. The fourth-order valence-corrected chi connectivity index (χ4v) is 2.16. The number of hydrogen-bond acceptors (Lipinski definition) is 4. The standard InChI is InChI=1S/C19H26N2O4/c1-4-21(13-15(2)3)18(23)14-25-19(24)10-11-20-17(22)12-16-8-6-5-7-9-16/h5-9H,2,4,10-14H2,1,3H3,(H,20,22). The lowest BCUT2D eigenvalue weighted by atomic mass is 10.1. The smallest absolute Gasteiger partial charge is 0.308 e. The van der Waals surface area contributed by atoms with Crippen LogP contribution >= 0.6 is 0 Å². The van der Waals surface area contributed by atoms with Crippen LogP contribution in [-0.2, 0) is 25.5 Å². The van der Waals surface area contributed by atoms with Gasteiger partial charge in [0.15, 0.2) is 6.61 Å². The molecule has 0 aliphatic rings. The molecule has 0 aliphatic heterocycles. The van der Waals surface area contributed by atoms with Crippen LogP contribution in [-0.4, -0.2) is 48.9 Å². The van der Waals surface area contributed by atoms with Crippen molar-refractivity contribution in [2.75, 3.05) is 26.2 Å². The van der Waals surface area contributed by atoms with E-state index in [1.54, 1.807) is 4.90 Å². The number of esters is 1. The van der Waals surface area contributed by atoms with Crippen LogP contribution in [0.25, 0.3) is 0 Å². The monoisotopic (exact) mass is 346 g/mol. The van der Waals surface area contributed by atoms with E-state index in [-0.39, 0.29) is 37.8 Å². The molecule has 1 aromatic rings. The van der Waals surface area contributed by atoms with Gasteiger partial charge in [-0.3, -0.25) is 14.4 Å². The SMILES string of the molecule is C=C(C)CN(CC)C(=O)COC(=O)CCNC(=O)Cc1ccccc1. The number of likely N-dealkylation sites (N-methyl/N-ethyl adjacent to an activating group) is 1. The number of nitrogens with zero attached hydrogens (tertiary/aromatic N) is 1. The number of nitrogens with one attached hydrogen (secondary N) is 1. The molecule has 0 bridgehead atoms. The molecule has 0 saturated carbocycles. The van der Waals surface area contributed by atoms with Crippen LogP contribution in [0.4, 0.5) is 0 Å². The summed E-state index contributed by atoms with van der Waals surface area (Å²) in [6.07, 6.45) is 0.293. The first-order chi connectivity index (χ1) is 11.9. The normalized spacial score (nSPS) is 10.0. The summed E-state index contributed by atoms with van der Waals surface area (Å²) in [5, 5.41) is 2.66. The molecule has 0 saturated heterocycles. The lowest BCUT2D eigenvalue weighted by molar-refractivity contribution is -0.151. The summed E-state index contributed by atoms with van der Waals surface area (Å²) in [6, 6.07) is 9.34. The number of carbonyl (C=O) groups is 3. The molecule has 136 valence electrons. The Morgan fingerprint density at radius 1 is 1.20 bits per heavy atom. The van der Waals surface area contributed by atoms with Gasteiger partial charge < -0.3 is 15.0 Å². The summed E-state index contributed by atoms with van der Waals surface area (Å²) in [5.74, 6) is -0.930. The number of amides is 2. The maximum atomic E-state index is 11.9. The maximum Gasteiger partial charge on any atom is 0.308 e. The Balaban J connectivity index is 2.23. The van der Waals surface area contributed by atoms with Gasteiger partial charge >= 0.3 is 5.97 Å². The van der Waals surface area contributed by atoms with Gasteiger partial charge in [-0.25, -0.2) is 0 Å². The zero-order valence-electron chi connectivity index (χ0n) is 14.9. The van der Waals surface area contributed by atoms with Crippen molar-refractivity contribution in [1.29, 1.82) is 0 Å². The lowest BCUT2D eigenvalue weighted by Gasteiger charge is -2.20. The van der Waals surface area contributed by atoms with Crippen LogP contribution in [0.5, 0.6) is 0 Å². The van der Waals surface area contributed by atoms with E-state index in [9.17, 15) is 14.4 Å². The van der Waals surface area contributed by atoms with Crippen LogP contribution in [0.3, 0.4) is 0 Å². The number of hydrogen-bond donors (Lipinski definition) is 1. The number of benzene rings is 1. The minimum Gasteiger partial charge on any atom is -0.456 e. The fraction of sp³-hybridized carbons (Fsp3) is 0.421. The number of rotatable bonds is 10. The van der Waals surface area contributed by atoms with Crippen molar-refractivity contribution in [3.8, 4) is 0 Å². The molecule has 0 aromatic heterocycles. The molecule has 1 rings (SSSR count). The highest BCUT2D eigenvalue weighted by Crippen LogP contribution is 2.00. The molecular weight excluding hydrogens is 320 g/mol. The Bertz CT molecular complexity index is 599. The molecule has 0 aliphatic carbocycles. The molecule has 0 spiro atoms. The van der Waals surface area contributed by atoms with Crippen molar-refractivity contribution in [2.24, 2.45) is 0 Å². The first-order valence-corrected chi connectivity index (χ1v) is 8.30. The molecular formula is C19H26N2O4. The molecule has 0 heterocycles. The molecule has 0 fully saturated rings. The first kappa shape index (κ1) is 20.4. The minimum atomic E-state index is -0.514. The largest absolute Gasteiger partial charge is 0.456 e. The minimum absolute atomic E-state index is 0.0282. The van der Waals surface area contributed by atoms with Gasteiger partial charge in [0.2, 0.25) is 5.91 Å². The van der Waals surface area contributed by atoms with E-state index in [1.165, 1.54) is 0 Å². The number of ether oxygens (including phenoxy) is 1. The quantitative estimate of drug-likeness (QED) is 0.517. The Morgan fingerprint density at radius 3 is 2.48 bits per heavy atom. The van der Waals surface area contributed by atoms with Crippen molar-refractivity contribution in [1.82, 2.24) is 10.2 Å². The van der Waals surface area contributed by atoms with Crippen LogP contribution in [0, 0.1) is 0 Å². The highest BCUT2D eigenvalue weighted by Gasteiger charge is 2.14. The predicted molar refractivity (Wildman–Crippen MR) is 95.8 cm³/mol. The zero-order chi connectivity index (χ0) is 18.7. The molecule has 25 heavy (non-hydrogen) atoms. The third-order valence-corrected chi connectivity index (χ3v) is 3.41. The van der Waals surface area contributed by atoms with E-state index in [0.29, 0.717) is 13.1 Å². The molecule has 6 nitrogen and oxygen atoms in total. The summed E-state index contributed by atoms with van der Waals surface area (Å²) < 4.78 is 4.96. The Morgan fingerprint density at radius 2 is 1.88 bits per heavy atom. The maximum absolute atomic E-state index is 11.9. The Hall–Kier alpha value is -2.63. The highest BCUT2D eigenvalue weighted by molar-refractivity contribution is 5.81. The van der Waals surface area contributed by atoms with Gasteiger partial charge in [-0.05, 0) is 19.4 Å². The molecule has 2 amide bonds. The van der Waals surface area contributed by atoms with Crippen molar-refractivity contribution in [3.05, 3.63) is 48.0 Å². The van der Waals surface area contributed by atoms with Crippen molar-refractivity contribution < 1.29 is 19.1 Å². The van der Waals surface area contributed by atoms with E-state index in [1.807, 2.05) is 44.2 Å². The molecule has 0 radical (unpaired) electrons. The van der Waals surface area contributed by atoms with Gasteiger partial charge in [0, 0.05) is 19.6 Å². The summed E-state index contributed by atoms with van der Waals surface area (Å²) in [7, 11) is 0. The Kier molecular flexibility index (Phi) is 9.00. The van der Waals surface area contributed by atoms with Crippen molar-refractivity contribution in [3.63, 3.8) is 0 Å². The average molecular weight is 346 g/mol. The van der Waals surface area contributed by atoms with Gasteiger partial charge in [-0.15, -0.1) is 0 Å². The van der Waals surface area contributed by atoms with Gasteiger partial charge in [-0.1, -0.05) is 42.5 Å². The summed E-state index contributed by atoms with van der Waals surface area (Å²) >= 11 is 0. The summed E-state index contributed by atoms with van der Waals surface area (Å²) in [6.45, 7) is 8.31. The summed E-state index contributed by atoms with van der Waals surface area (Å²) in [5.41, 5.74) is 1.77. The molecule has 0 unspecified atom stereocenters. The van der Waals surface area contributed by atoms with Crippen LogP contribution in [0.2, 0.25) is 0 Å². The molecule has 6 heteroatoms. The second-order valence-corrected chi connectivity index (χ2v) is 5.79. The zero-order valence-corrected chi connectivity index (χ0v) is 14.9. The van der Waals surface area contributed by atoms with Gasteiger partial charge in [0.05, 0.1) is 12.8 Å². The second kappa shape index (κ2) is 11.0. The van der Waals surface area contributed by atoms with Gasteiger partial charge in [0.1, 0.15) is 0 Å². The van der Waals surface area contributed by atoms with Crippen molar-refractivity contribution >= 4 is 17.8 Å². The van der Waals surface area contributed by atoms with E-state index in [2.05, 4.69) is 11.9 Å². The lowest BCUT2D eigenvalue weighted by Crippen LogP contribution is -2.36.